The lowest BCUT2D eigenvalue weighted by Gasteiger charge is -2.37. The number of pyridine rings is 1. The van der Waals surface area contributed by atoms with E-state index in [2.05, 4.69) is 15.2 Å². The zero-order valence-corrected chi connectivity index (χ0v) is 16.6. The molecule has 1 amide bonds. The Labute approximate surface area is 170 Å². The Morgan fingerprint density at radius 1 is 1.31 bits per heavy atom. The second-order valence-corrected chi connectivity index (χ2v) is 7.39. The third kappa shape index (κ3) is 5.81. The maximum Gasteiger partial charge on any atom is 0.222 e. The molecule has 1 saturated heterocycles. The maximum atomic E-state index is 14.1. The standard InChI is InChI=1S/C22H27F2N3O2/c1-29-13-10-20(28)26-22(19-9-2-3-11-25-19)17-7-5-12-27(15-17)14-16-6-4-8-18(23)21(16)24/h2-4,6,8-9,11,17,22H,5,7,10,12-15H2,1H3,(H,26,28)/t17-,22+/m0/s1. The topological polar surface area (TPSA) is 54.5 Å². The molecule has 1 aliphatic rings. The molecule has 29 heavy (non-hydrogen) atoms. The highest BCUT2D eigenvalue weighted by Gasteiger charge is 2.30. The molecule has 0 bridgehead atoms. The van der Waals surface area contributed by atoms with Crippen LogP contribution < -0.4 is 5.32 Å². The Kier molecular flexibility index (Phi) is 7.66. The van der Waals surface area contributed by atoms with Gasteiger partial charge < -0.3 is 10.1 Å². The molecule has 0 saturated carbocycles. The first-order valence-corrected chi connectivity index (χ1v) is 9.93. The molecule has 0 radical (unpaired) electrons. The van der Waals surface area contributed by atoms with Crippen molar-refractivity contribution in [2.45, 2.75) is 31.8 Å². The molecule has 1 fully saturated rings. The van der Waals surface area contributed by atoms with Gasteiger partial charge >= 0.3 is 0 Å². The average Bonchev–Trinajstić information content (AvgIpc) is 2.74. The lowest BCUT2D eigenvalue weighted by molar-refractivity contribution is -0.123. The van der Waals surface area contributed by atoms with Crippen LogP contribution in [0.2, 0.25) is 0 Å². The zero-order valence-electron chi connectivity index (χ0n) is 16.6. The van der Waals surface area contributed by atoms with Gasteiger partial charge in [0, 0.05) is 38.4 Å². The first-order chi connectivity index (χ1) is 14.1. The van der Waals surface area contributed by atoms with Gasteiger partial charge in [-0.3, -0.25) is 14.7 Å². The van der Waals surface area contributed by atoms with E-state index in [-0.39, 0.29) is 24.3 Å². The van der Waals surface area contributed by atoms with E-state index in [0.29, 0.717) is 25.3 Å². The number of benzene rings is 1. The van der Waals surface area contributed by atoms with Crippen LogP contribution in [0, 0.1) is 17.6 Å². The molecule has 3 rings (SSSR count). The van der Waals surface area contributed by atoms with E-state index >= 15 is 0 Å². The van der Waals surface area contributed by atoms with Gasteiger partial charge in [0.2, 0.25) is 5.91 Å². The van der Waals surface area contributed by atoms with Crippen LogP contribution >= 0.6 is 0 Å². The molecule has 1 N–H and O–H groups in total. The number of hydrogen-bond acceptors (Lipinski definition) is 4. The number of aromatic nitrogens is 1. The van der Waals surface area contributed by atoms with Crippen molar-refractivity contribution in [1.29, 1.82) is 0 Å². The number of ether oxygens (including phenoxy) is 1. The highest BCUT2D eigenvalue weighted by atomic mass is 19.2. The monoisotopic (exact) mass is 403 g/mol. The number of rotatable bonds is 8. The van der Waals surface area contributed by atoms with Gasteiger partial charge in [0.1, 0.15) is 0 Å². The molecule has 2 heterocycles. The van der Waals surface area contributed by atoms with Crippen LogP contribution in [0.1, 0.15) is 36.6 Å². The zero-order chi connectivity index (χ0) is 20.6. The van der Waals surface area contributed by atoms with E-state index < -0.39 is 11.6 Å². The second kappa shape index (κ2) is 10.4. The van der Waals surface area contributed by atoms with Gasteiger partial charge in [-0.1, -0.05) is 18.2 Å². The summed E-state index contributed by atoms with van der Waals surface area (Å²) in [5, 5.41) is 3.10. The SMILES string of the molecule is COCCC(=O)N[C@@H](c1ccccn1)[C@H]1CCCN(Cc2cccc(F)c2F)C1. The molecule has 5 nitrogen and oxygen atoms in total. The quantitative estimate of drug-likeness (QED) is 0.733. The molecule has 7 heteroatoms. The minimum absolute atomic E-state index is 0.0872. The Morgan fingerprint density at radius 3 is 2.93 bits per heavy atom. The molecule has 1 aromatic heterocycles. The molecule has 1 aliphatic heterocycles. The lowest BCUT2D eigenvalue weighted by atomic mass is 9.88. The largest absolute Gasteiger partial charge is 0.384 e. The summed E-state index contributed by atoms with van der Waals surface area (Å²) in [6.45, 7) is 2.17. The number of piperidine rings is 1. The molecule has 0 aliphatic carbocycles. The predicted molar refractivity (Wildman–Crippen MR) is 106 cm³/mol. The number of amides is 1. The second-order valence-electron chi connectivity index (χ2n) is 7.39. The van der Waals surface area contributed by atoms with Crippen molar-refractivity contribution in [3.8, 4) is 0 Å². The van der Waals surface area contributed by atoms with Crippen LogP contribution in [0.3, 0.4) is 0 Å². The maximum absolute atomic E-state index is 14.1. The van der Waals surface area contributed by atoms with Crippen molar-refractivity contribution in [2.75, 3.05) is 26.8 Å². The van der Waals surface area contributed by atoms with E-state index in [1.54, 1.807) is 19.4 Å². The van der Waals surface area contributed by atoms with Crippen molar-refractivity contribution < 1.29 is 18.3 Å². The van der Waals surface area contributed by atoms with Crippen LogP contribution in [0.15, 0.2) is 42.6 Å². The summed E-state index contributed by atoms with van der Waals surface area (Å²) in [7, 11) is 1.56. The average molecular weight is 403 g/mol. The van der Waals surface area contributed by atoms with E-state index in [9.17, 15) is 13.6 Å². The predicted octanol–water partition coefficient (Wildman–Crippen LogP) is 3.47. The minimum Gasteiger partial charge on any atom is -0.384 e. The Balaban J connectivity index is 1.73. The van der Waals surface area contributed by atoms with Crippen LogP contribution in [0.25, 0.3) is 0 Å². The summed E-state index contributed by atoms with van der Waals surface area (Å²) in [5.41, 5.74) is 1.16. The van der Waals surface area contributed by atoms with Crippen molar-refractivity contribution in [1.82, 2.24) is 15.2 Å². The number of hydrogen-bond donors (Lipinski definition) is 1. The van der Waals surface area contributed by atoms with Gasteiger partial charge in [0.05, 0.1) is 18.3 Å². The Hall–Kier alpha value is -2.38. The van der Waals surface area contributed by atoms with E-state index in [1.165, 1.54) is 6.07 Å². The van der Waals surface area contributed by atoms with Crippen molar-refractivity contribution in [3.63, 3.8) is 0 Å². The van der Waals surface area contributed by atoms with Gasteiger partial charge in [-0.05, 0) is 43.5 Å². The van der Waals surface area contributed by atoms with Gasteiger partial charge in [-0.15, -0.1) is 0 Å². The fourth-order valence-corrected chi connectivity index (χ4v) is 3.85. The molecule has 0 unspecified atom stereocenters. The molecule has 2 atom stereocenters. The highest BCUT2D eigenvalue weighted by molar-refractivity contribution is 5.76. The van der Waals surface area contributed by atoms with E-state index in [4.69, 9.17) is 4.74 Å². The van der Waals surface area contributed by atoms with Crippen LogP contribution in [-0.4, -0.2) is 42.6 Å². The van der Waals surface area contributed by atoms with Gasteiger partial charge in [0.15, 0.2) is 11.6 Å². The Bertz CT molecular complexity index is 804. The molecule has 156 valence electrons. The smallest absolute Gasteiger partial charge is 0.222 e. The normalized spacial score (nSPS) is 18.4. The van der Waals surface area contributed by atoms with Crippen molar-refractivity contribution in [3.05, 3.63) is 65.5 Å². The van der Waals surface area contributed by atoms with E-state index in [1.807, 2.05) is 18.2 Å². The number of nitrogens with zero attached hydrogens (tertiary/aromatic N) is 2. The van der Waals surface area contributed by atoms with Crippen LogP contribution in [-0.2, 0) is 16.1 Å². The first kappa shape index (κ1) is 21.3. The molecular formula is C22H27F2N3O2. The number of carbonyl (C=O) groups excluding carboxylic acids is 1. The van der Waals surface area contributed by atoms with Gasteiger partial charge in [0.25, 0.3) is 0 Å². The highest BCUT2D eigenvalue weighted by Crippen LogP contribution is 2.30. The number of halogens is 2. The summed E-state index contributed by atoms with van der Waals surface area (Å²) in [6, 6.07) is 9.69. The number of carbonyl (C=O) groups is 1. The van der Waals surface area contributed by atoms with Crippen molar-refractivity contribution >= 4 is 5.91 Å². The first-order valence-electron chi connectivity index (χ1n) is 9.93. The summed E-state index contributed by atoms with van der Waals surface area (Å²) in [4.78, 5) is 18.9. The van der Waals surface area contributed by atoms with Crippen LogP contribution in [0.5, 0.6) is 0 Å². The summed E-state index contributed by atoms with van der Waals surface area (Å²) < 4.78 is 32.6. The van der Waals surface area contributed by atoms with Crippen LogP contribution in [0.4, 0.5) is 8.78 Å². The number of likely N-dealkylation sites (tertiary alicyclic amines) is 1. The Morgan fingerprint density at radius 2 is 2.17 bits per heavy atom. The third-order valence-electron chi connectivity index (χ3n) is 5.30. The third-order valence-corrected chi connectivity index (χ3v) is 5.30. The van der Waals surface area contributed by atoms with E-state index in [0.717, 1.165) is 31.1 Å². The van der Waals surface area contributed by atoms with Gasteiger partial charge in [-0.25, -0.2) is 8.78 Å². The summed E-state index contributed by atoms with van der Waals surface area (Å²) in [5.74, 6) is -1.57. The van der Waals surface area contributed by atoms with Crippen molar-refractivity contribution in [2.24, 2.45) is 5.92 Å². The molecule has 1 aromatic carbocycles. The fraction of sp³-hybridized carbons (Fsp3) is 0.455. The summed E-state index contributed by atoms with van der Waals surface area (Å²) in [6.07, 6.45) is 3.84. The number of methoxy groups -OCH3 is 1. The van der Waals surface area contributed by atoms with Gasteiger partial charge in [-0.2, -0.15) is 0 Å². The fourth-order valence-electron chi connectivity index (χ4n) is 3.85. The summed E-state index contributed by atoms with van der Waals surface area (Å²) >= 11 is 0. The number of nitrogens with one attached hydrogen (secondary N) is 1. The molecule has 0 spiro atoms. The molecule has 2 aromatic rings. The lowest BCUT2D eigenvalue weighted by Crippen LogP contribution is -2.43. The molecular weight excluding hydrogens is 376 g/mol. The minimum atomic E-state index is -0.826.